The second kappa shape index (κ2) is 10.3. The Balaban J connectivity index is 1.35. The first-order valence-corrected chi connectivity index (χ1v) is 13.8. The summed E-state index contributed by atoms with van der Waals surface area (Å²) < 4.78 is 10.1. The number of halogens is 1. The molecule has 3 aliphatic rings. The molecule has 0 saturated heterocycles. The standard InChI is InChI=1S/C25H30IN5O3/c1-5-6-9-30(24(33)34-25(2,3)4)16-22(32)31-14-19-13-27-23(29-21(19)15-31)28-20-10-17-7-8-26-12-18(17)11-20/h1,7-8,12-13,20H,6,9-11,14-16H2,2-4H3,(H,27,28,29). The maximum Gasteiger partial charge on any atom is 0.410 e. The van der Waals surface area contributed by atoms with Gasteiger partial charge in [0.25, 0.3) is 0 Å². The number of hydrogen-bond acceptors (Lipinski definition) is 6. The molecule has 1 atom stereocenters. The number of terminal acetylenes is 1. The lowest BCUT2D eigenvalue weighted by atomic mass is 10.2. The molecule has 9 heteroatoms. The van der Waals surface area contributed by atoms with E-state index in [1.807, 2.05) is 0 Å². The minimum atomic E-state index is -0.651. The topological polar surface area (TPSA) is 87.7 Å². The first kappa shape index (κ1) is 24.4. The maximum absolute atomic E-state index is 13.0. The second-order valence-corrected chi connectivity index (χ2v) is 11.7. The van der Waals surface area contributed by atoms with Gasteiger partial charge in [0.05, 0.1) is 12.2 Å². The molecule has 1 aromatic heterocycles. The molecule has 2 amide bonds. The number of nitrogens with zero attached hydrogens (tertiary/aromatic N) is 4. The van der Waals surface area contributed by atoms with Gasteiger partial charge in [-0.25, -0.2) is 14.8 Å². The molecule has 0 spiro atoms. The molecule has 0 radical (unpaired) electrons. The number of amides is 2. The van der Waals surface area contributed by atoms with Gasteiger partial charge in [-0.15, -0.1) is 12.3 Å². The van der Waals surface area contributed by atoms with E-state index in [2.05, 4.69) is 30.4 Å². The minimum absolute atomic E-state index is 0.0609. The maximum atomic E-state index is 13.0. The summed E-state index contributed by atoms with van der Waals surface area (Å²) in [6.07, 6.45) is 11.2. The van der Waals surface area contributed by atoms with E-state index in [4.69, 9.17) is 16.1 Å². The molecule has 1 unspecified atom stereocenters. The fraction of sp³-hybridized carbons (Fsp3) is 0.480. The number of fused-ring (bicyclic) bond motifs is 1. The van der Waals surface area contributed by atoms with Crippen molar-refractivity contribution < 1.29 is 14.3 Å². The number of hydrogen-bond donors (Lipinski definition) is 1. The lowest BCUT2D eigenvalue weighted by Gasteiger charge is -2.28. The van der Waals surface area contributed by atoms with Gasteiger partial charge in [-0.2, -0.15) is 0 Å². The Kier molecular flexibility index (Phi) is 7.36. The lowest BCUT2D eigenvalue weighted by Crippen LogP contribution is -2.43. The van der Waals surface area contributed by atoms with Gasteiger partial charge in [0.1, 0.15) is 12.1 Å². The summed E-state index contributed by atoms with van der Waals surface area (Å²) in [6, 6.07) is 0.295. The van der Waals surface area contributed by atoms with Gasteiger partial charge >= 0.3 is 6.09 Å². The summed E-state index contributed by atoms with van der Waals surface area (Å²) in [4.78, 5) is 37.8. The molecule has 34 heavy (non-hydrogen) atoms. The van der Waals surface area contributed by atoms with Gasteiger partial charge in [-0.05, 0) is 52.9 Å². The van der Waals surface area contributed by atoms with Crippen molar-refractivity contribution in [1.29, 1.82) is 0 Å². The number of aromatic nitrogens is 2. The van der Waals surface area contributed by atoms with E-state index in [1.165, 1.54) is 16.0 Å². The van der Waals surface area contributed by atoms with Crippen molar-refractivity contribution in [1.82, 2.24) is 19.8 Å². The van der Waals surface area contributed by atoms with Crippen LogP contribution in [0.2, 0.25) is 0 Å². The van der Waals surface area contributed by atoms with E-state index >= 15 is 0 Å². The van der Waals surface area contributed by atoms with Gasteiger partial charge in [0.2, 0.25) is 11.9 Å². The molecule has 0 aromatic carbocycles. The van der Waals surface area contributed by atoms with Crippen molar-refractivity contribution in [2.45, 2.75) is 64.8 Å². The molecule has 2 aliphatic heterocycles. The van der Waals surface area contributed by atoms with E-state index in [0.717, 1.165) is 24.1 Å². The largest absolute Gasteiger partial charge is 0.444 e. The van der Waals surface area contributed by atoms with Crippen molar-refractivity contribution in [3.63, 3.8) is 0 Å². The predicted octanol–water partition coefficient (Wildman–Crippen LogP) is 3.75. The zero-order chi connectivity index (χ0) is 24.3. The predicted molar refractivity (Wildman–Crippen MR) is 140 cm³/mol. The summed E-state index contributed by atoms with van der Waals surface area (Å²) in [6.45, 7) is 6.37. The van der Waals surface area contributed by atoms with Gasteiger partial charge in [-0.1, -0.05) is 26.8 Å². The highest BCUT2D eigenvalue weighted by atomic mass is 127. The Bertz CT molecular complexity index is 1090. The van der Waals surface area contributed by atoms with Crippen molar-refractivity contribution in [2.75, 3.05) is 18.4 Å². The van der Waals surface area contributed by atoms with Crippen LogP contribution in [0.1, 0.15) is 51.3 Å². The van der Waals surface area contributed by atoms with Crippen LogP contribution in [0.25, 0.3) is 0 Å². The molecule has 1 N–H and O–H groups in total. The summed E-state index contributed by atoms with van der Waals surface area (Å²) in [7, 11) is 0. The third kappa shape index (κ3) is 6.03. The van der Waals surface area contributed by atoms with Crippen LogP contribution in [-0.4, -0.2) is 60.5 Å². The van der Waals surface area contributed by atoms with Crippen molar-refractivity contribution in [3.05, 3.63) is 38.8 Å². The first-order chi connectivity index (χ1) is 16.2. The van der Waals surface area contributed by atoms with Crippen molar-refractivity contribution in [2.24, 2.45) is 0 Å². The van der Waals surface area contributed by atoms with Crippen LogP contribution in [0.15, 0.2) is 27.5 Å². The molecule has 0 saturated carbocycles. The summed E-state index contributed by atoms with van der Waals surface area (Å²) in [5, 5.41) is 3.47. The van der Waals surface area contributed by atoms with E-state index < -0.39 is 11.7 Å². The molecule has 3 heterocycles. The van der Waals surface area contributed by atoms with Crippen LogP contribution in [-0.2, 0) is 22.6 Å². The summed E-state index contributed by atoms with van der Waals surface area (Å²) >= 11 is 0.0609. The number of anilines is 1. The summed E-state index contributed by atoms with van der Waals surface area (Å²) in [5.74, 6) is 2.94. The fourth-order valence-corrected chi connectivity index (χ4v) is 6.03. The molecular weight excluding hydrogens is 545 g/mol. The van der Waals surface area contributed by atoms with Crippen LogP contribution in [0.4, 0.5) is 10.7 Å². The molecular formula is C25H30IN5O3. The zero-order valence-corrected chi connectivity index (χ0v) is 22.0. The van der Waals surface area contributed by atoms with Crippen LogP contribution in [0.3, 0.4) is 0 Å². The molecule has 8 nitrogen and oxygen atoms in total. The smallest absolute Gasteiger partial charge is 0.410 e. The highest BCUT2D eigenvalue weighted by Gasteiger charge is 2.30. The minimum Gasteiger partial charge on any atom is -0.444 e. The van der Waals surface area contributed by atoms with Crippen LogP contribution < -0.4 is 5.32 Å². The normalized spacial score (nSPS) is 18.6. The van der Waals surface area contributed by atoms with Crippen molar-refractivity contribution >= 4 is 42.7 Å². The number of carbonyl (C=O) groups is 2. The SMILES string of the molecule is C#CCCN(CC(=O)N1Cc2cnc(NC3CC4=C(C=IC=C4)C3)nc2C1)C(=O)OC(C)(C)C. The Morgan fingerprint density at radius 1 is 1.32 bits per heavy atom. The second-order valence-electron chi connectivity index (χ2n) is 9.60. The molecule has 1 aromatic rings. The van der Waals surface area contributed by atoms with Gasteiger partial charge < -0.3 is 15.0 Å². The third-order valence-corrected chi connectivity index (χ3v) is 7.61. The lowest BCUT2D eigenvalue weighted by molar-refractivity contribution is -0.133. The fourth-order valence-electron chi connectivity index (χ4n) is 4.09. The zero-order valence-electron chi connectivity index (χ0n) is 19.8. The molecule has 1 aliphatic carbocycles. The quantitative estimate of drug-likeness (QED) is 0.411. The van der Waals surface area contributed by atoms with Crippen molar-refractivity contribution in [3.8, 4) is 12.3 Å². The van der Waals surface area contributed by atoms with Gasteiger partial charge in [0.15, 0.2) is 0 Å². The first-order valence-electron chi connectivity index (χ1n) is 11.4. The van der Waals surface area contributed by atoms with E-state index in [-0.39, 0.29) is 39.7 Å². The van der Waals surface area contributed by atoms with Crippen LogP contribution in [0.5, 0.6) is 0 Å². The number of allylic oxidation sites excluding steroid dienone is 1. The highest BCUT2D eigenvalue weighted by molar-refractivity contribution is 14.2. The molecule has 0 fully saturated rings. The highest BCUT2D eigenvalue weighted by Crippen LogP contribution is 2.32. The van der Waals surface area contributed by atoms with Gasteiger partial charge in [0, 0.05) is 37.3 Å². The van der Waals surface area contributed by atoms with Crippen LogP contribution in [0, 0.1) is 12.3 Å². The number of rotatable bonds is 6. The number of nitrogens with one attached hydrogen (secondary N) is 1. The number of ether oxygens (including phenoxy) is 1. The average Bonchev–Trinajstić information content (AvgIpc) is 3.38. The molecule has 0 bridgehead atoms. The Hall–Kier alpha value is -2.74. The van der Waals surface area contributed by atoms with E-state index in [9.17, 15) is 9.59 Å². The number of carbonyl (C=O) groups excluding carboxylic acids is 2. The van der Waals surface area contributed by atoms with Crippen LogP contribution >= 0.6 is 20.7 Å². The van der Waals surface area contributed by atoms with E-state index in [0.29, 0.717) is 31.5 Å². The Labute approximate surface area is 210 Å². The third-order valence-electron chi connectivity index (χ3n) is 5.72. The average molecular weight is 575 g/mol. The van der Waals surface area contributed by atoms with E-state index in [1.54, 1.807) is 31.9 Å². The molecule has 4 rings (SSSR count). The summed E-state index contributed by atoms with van der Waals surface area (Å²) in [5.41, 5.74) is 4.00. The Morgan fingerprint density at radius 2 is 2.12 bits per heavy atom. The monoisotopic (exact) mass is 575 g/mol. The Morgan fingerprint density at radius 3 is 2.85 bits per heavy atom. The molecule has 180 valence electrons. The van der Waals surface area contributed by atoms with Gasteiger partial charge in [-0.3, -0.25) is 9.69 Å².